The third-order valence-corrected chi connectivity index (χ3v) is 4.78. The highest BCUT2D eigenvalue weighted by Gasteiger charge is 2.21. The molecular formula is C13H14ClFN2S. The molecule has 1 atom stereocenters. The number of hydrogen-bond donors (Lipinski definition) is 0. The van der Waals surface area contributed by atoms with Crippen molar-refractivity contribution in [2.45, 2.75) is 24.8 Å². The highest BCUT2D eigenvalue weighted by molar-refractivity contribution is 7.99. The molecule has 1 aromatic carbocycles. The van der Waals surface area contributed by atoms with Crippen molar-refractivity contribution in [1.82, 2.24) is 9.55 Å². The van der Waals surface area contributed by atoms with Gasteiger partial charge in [0.05, 0.1) is 16.9 Å². The smallest absolute Gasteiger partial charge is 0.125 e. The van der Waals surface area contributed by atoms with Gasteiger partial charge in [-0.1, -0.05) is 0 Å². The summed E-state index contributed by atoms with van der Waals surface area (Å²) in [6, 6.07) is 5.23. The number of rotatable bonds is 2. The predicted molar refractivity (Wildman–Crippen MR) is 74.8 cm³/mol. The summed E-state index contributed by atoms with van der Waals surface area (Å²) in [7, 11) is 0. The average Bonchev–Trinajstić information content (AvgIpc) is 2.77. The Hall–Kier alpha value is -0.740. The van der Waals surface area contributed by atoms with Crippen molar-refractivity contribution in [3.63, 3.8) is 0 Å². The molecule has 0 spiro atoms. The van der Waals surface area contributed by atoms with Gasteiger partial charge in [-0.3, -0.25) is 0 Å². The molecule has 18 heavy (non-hydrogen) atoms. The fourth-order valence-electron chi connectivity index (χ4n) is 2.55. The second-order valence-corrected chi connectivity index (χ2v) is 5.95. The van der Waals surface area contributed by atoms with E-state index in [1.165, 1.54) is 24.3 Å². The topological polar surface area (TPSA) is 17.8 Å². The Morgan fingerprint density at radius 1 is 1.50 bits per heavy atom. The molecular weight excluding hydrogens is 271 g/mol. The van der Waals surface area contributed by atoms with E-state index in [-0.39, 0.29) is 5.82 Å². The van der Waals surface area contributed by atoms with E-state index in [1.54, 1.807) is 0 Å². The minimum atomic E-state index is -0.244. The monoisotopic (exact) mass is 284 g/mol. The summed E-state index contributed by atoms with van der Waals surface area (Å²) in [5.41, 5.74) is 1.71. The number of fused-ring (bicyclic) bond motifs is 1. The van der Waals surface area contributed by atoms with Crippen LogP contribution < -0.4 is 0 Å². The Morgan fingerprint density at radius 3 is 3.11 bits per heavy atom. The Bertz CT molecular complexity index is 563. The molecule has 0 saturated carbocycles. The van der Waals surface area contributed by atoms with E-state index in [2.05, 4.69) is 9.55 Å². The third kappa shape index (κ3) is 2.12. The van der Waals surface area contributed by atoms with Crippen LogP contribution in [-0.4, -0.2) is 21.1 Å². The largest absolute Gasteiger partial charge is 0.323 e. The summed E-state index contributed by atoms with van der Waals surface area (Å²) in [4.78, 5) is 4.45. The highest BCUT2D eigenvalue weighted by Crippen LogP contribution is 2.31. The number of halogens is 2. The first-order valence-electron chi connectivity index (χ1n) is 6.09. The van der Waals surface area contributed by atoms with Crippen LogP contribution in [-0.2, 0) is 5.88 Å². The van der Waals surface area contributed by atoms with Gasteiger partial charge in [0.1, 0.15) is 11.6 Å². The molecule has 0 bridgehead atoms. The molecule has 1 unspecified atom stereocenters. The molecule has 1 saturated heterocycles. The highest BCUT2D eigenvalue weighted by atomic mass is 35.5. The summed E-state index contributed by atoms with van der Waals surface area (Å²) in [5.74, 6) is 3.30. The van der Waals surface area contributed by atoms with Crippen LogP contribution in [0.15, 0.2) is 18.2 Å². The van der Waals surface area contributed by atoms with Crippen molar-refractivity contribution in [3.05, 3.63) is 29.8 Å². The lowest BCUT2D eigenvalue weighted by Crippen LogP contribution is -2.18. The van der Waals surface area contributed by atoms with Gasteiger partial charge in [-0.25, -0.2) is 9.37 Å². The molecule has 2 aromatic rings. The molecule has 0 amide bonds. The van der Waals surface area contributed by atoms with Crippen LogP contribution >= 0.6 is 23.4 Å². The summed E-state index contributed by atoms with van der Waals surface area (Å²) < 4.78 is 15.4. The lowest BCUT2D eigenvalue weighted by atomic mass is 10.1. The summed E-state index contributed by atoms with van der Waals surface area (Å²) in [5, 5.41) is 0. The van der Waals surface area contributed by atoms with Gasteiger partial charge in [-0.05, 0) is 30.7 Å². The maximum Gasteiger partial charge on any atom is 0.125 e. The second-order valence-electron chi connectivity index (χ2n) is 4.54. The van der Waals surface area contributed by atoms with Crippen LogP contribution in [0.25, 0.3) is 11.0 Å². The van der Waals surface area contributed by atoms with Crippen molar-refractivity contribution in [2.75, 3.05) is 11.5 Å². The van der Waals surface area contributed by atoms with Gasteiger partial charge in [0.15, 0.2) is 0 Å². The molecule has 96 valence electrons. The van der Waals surface area contributed by atoms with Gasteiger partial charge >= 0.3 is 0 Å². The number of thioether (sulfide) groups is 1. The van der Waals surface area contributed by atoms with Crippen LogP contribution in [0.3, 0.4) is 0 Å². The molecule has 5 heteroatoms. The first kappa shape index (κ1) is 12.3. The summed E-state index contributed by atoms with van der Waals surface area (Å²) >= 11 is 7.95. The van der Waals surface area contributed by atoms with Crippen molar-refractivity contribution in [1.29, 1.82) is 0 Å². The van der Waals surface area contributed by atoms with Gasteiger partial charge in [0, 0.05) is 17.9 Å². The molecule has 0 N–H and O–H groups in total. The van der Waals surface area contributed by atoms with Crippen LogP contribution in [0.4, 0.5) is 4.39 Å². The second kappa shape index (κ2) is 5.10. The van der Waals surface area contributed by atoms with Crippen LogP contribution in [0.2, 0.25) is 0 Å². The Balaban J connectivity index is 2.12. The molecule has 1 aromatic heterocycles. The molecule has 2 heterocycles. The summed E-state index contributed by atoms with van der Waals surface area (Å²) in [6.07, 6.45) is 2.37. The standard InChI is InChI=1S/C13H14ClFN2S/c14-7-13-16-11-6-9(15)3-4-12(11)17(13)10-2-1-5-18-8-10/h3-4,6,10H,1-2,5,7-8H2. The maximum atomic E-state index is 13.2. The van der Waals surface area contributed by atoms with E-state index >= 15 is 0 Å². The predicted octanol–water partition coefficient (Wildman–Crippen LogP) is 3.98. The number of nitrogens with zero attached hydrogens (tertiary/aromatic N) is 2. The van der Waals surface area contributed by atoms with Crippen molar-refractivity contribution < 1.29 is 4.39 Å². The van der Waals surface area contributed by atoms with Crippen LogP contribution in [0.5, 0.6) is 0 Å². The molecule has 1 aliphatic heterocycles. The average molecular weight is 285 g/mol. The zero-order valence-electron chi connectivity index (χ0n) is 9.90. The number of hydrogen-bond acceptors (Lipinski definition) is 2. The fraction of sp³-hybridized carbons (Fsp3) is 0.462. The molecule has 0 aliphatic carbocycles. The molecule has 1 aliphatic rings. The summed E-state index contributed by atoms with van der Waals surface area (Å²) in [6.45, 7) is 0. The first-order chi connectivity index (χ1) is 8.79. The van der Waals surface area contributed by atoms with Gasteiger partial charge in [-0.15, -0.1) is 11.6 Å². The molecule has 3 rings (SSSR count). The minimum Gasteiger partial charge on any atom is -0.323 e. The molecule has 0 radical (unpaired) electrons. The van der Waals surface area contributed by atoms with E-state index < -0.39 is 0 Å². The van der Waals surface area contributed by atoms with E-state index in [0.29, 0.717) is 17.4 Å². The van der Waals surface area contributed by atoms with Crippen molar-refractivity contribution >= 4 is 34.4 Å². The van der Waals surface area contributed by atoms with E-state index in [1.807, 2.05) is 17.8 Å². The zero-order chi connectivity index (χ0) is 12.5. The molecule has 1 fully saturated rings. The van der Waals surface area contributed by atoms with Gasteiger partial charge < -0.3 is 4.57 Å². The van der Waals surface area contributed by atoms with Crippen molar-refractivity contribution in [3.8, 4) is 0 Å². The number of imidazole rings is 1. The maximum absolute atomic E-state index is 13.2. The number of alkyl halides is 1. The fourth-order valence-corrected chi connectivity index (χ4v) is 3.86. The third-order valence-electron chi connectivity index (χ3n) is 3.35. The number of benzene rings is 1. The Kier molecular flexibility index (Phi) is 3.48. The Labute approximate surface area is 115 Å². The Morgan fingerprint density at radius 2 is 2.39 bits per heavy atom. The van der Waals surface area contributed by atoms with Gasteiger partial charge in [-0.2, -0.15) is 11.8 Å². The minimum absolute atomic E-state index is 0.244. The zero-order valence-corrected chi connectivity index (χ0v) is 11.5. The van der Waals surface area contributed by atoms with E-state index in [9.17, 15) is 4.39 Å². The van der Waals surface area contributed by atoms with E-state index in [0.717, 1.165) is 23.5 Å². The van der Waals surface area contributed by atoms with Gasteiger partial charge in [0.25, 0.3) is 0 Å². The number of aromatic nitrogens is 2. The normalized spacial score (nSPS) is 20.4. The lowest BCUT2D eigenvalue weighted by Gasteiger charge is -2.24. The van der Waals surface area contributed by atoms with Crippen LogP contribution in [0, 0.1) is 5.82 Å². The van der Waals surface area contributed by atoms with E-state index in [4.69, 9.17) is 11.6 Å². The quantitative estimate of drug-likeness (QED) is 0.776. The molecule has 2 nitrogen and oxygen atoms in total. The van der Waals surface area contributed by atoms with Crippen LogP contribution in [0.1, 0.15) is 24.7 Å². The van der Waals surface area contributed by atoms with Gasteiger partial charge in [0.2, 0.25) is 0 Å². The lowest BCUT2D eigenvalue weighted by molar-refractivity contribution is 0.499. The SMILES string of the molecule is Fc1ccc2c(c1)nc(CCl)n2C1CCCSC1. The van der Waals surface area contributed by atoms with Crippen molar-refractivity contribution in [2.24, 2.45) is 0 Å². The first-order valence-corrected chi connectivity index (χ1v) is 7.78.